The Morgan fingerprint density at radius 3 is 1.88 bits per heavy atom. The molecule has 3 heterocycles. The third-order valence-electron chi connectivity index (χ3n) is 1.65. The molecule has 1 N–H and O–H groups in total. The molecular weight excluding hydrogens is 142 g/mol. The van der Waals surface area contributed by atoms with E-state index in [1.165, 1.54) is 19.5 Å². The Hall–Kier alpha value is 0.600. The van der Waals surface area contributed by atoms with Gasteiger partial charge in [-0.3, -0.25) is 0 Å². The molecule has 0 aromatic rings. The Morgan fingerprint density at radius 1 is 1.25 bits per heavy atom. The minimum Gasteiger partial charge on any atom is -0.315 e. The van der Waals surface area contributed by atoms with Gasteiger partial charge in [0.25, 0.3) is 0 Å². The maximum absolute atomic E-state index is 3.36. The van der Waals surface area contributed by atoms with Crippen LogP contribution in [0.4, 0.5) is 0 Å². The lowest BCUT2D eigenvalue weighted by atomic mass is 10.1. The van der Waals surface area contributed by atoms with Crippen LogP contribution in [0.2, 0.25) is 0 Å². The van der Waals surface area contributed by atoms with E-state index in [-0.39, 0.29) is 12.4 Å². The normalized spacial score (nSPS) is 42.0. The van der Waals surface area contributed by atoms with Crippen molar-refractivity contribution in [2.45, 2.75) is 16.9 Å². The predicted octanol–water partition coefficient (Wildman–Crippen LogP) is 0.885. The molecule has 0 amide bonds. The van der Waals surface area contributed by atoms with Gasteiger partial charge in [-0.15, -0.1) is 12.4 Å². The van der Waals surface area contributed by atoms with Crippen molar-refractivity contribution in [2.24, 2.45) is 0 Å². The van der Waals surface area contributed by atoms with Gasteiger partial charge in [-0.2, -0.15) is 11.8 Å². The summed E-state index contributed by atoms with van der Waals surface area (Å²) in [6, 6.07) is 0. The average molecular weight is 152 g/mol. The lowest BCUT2D eigenvalue weighted by Crippen LogP contribution is -2.48. The molecule has 3 fully saturated rings. The van der Waals surface area contributed by atoms with Crippen LogP contribution in [0.3, 0.4) is 0 Å². The number of rotatable bonds is 0. The van der Waals surface area contributed by atoms with Gasteiger partial charge in [-0.1, -0.05) is 0 Å². The van der Waals surface area contributed by atoms with Gasteiger partial charge in [0.2, 0.25) is 0 Å². The molecule has 48 valence electrons. The zero-order valence-corrected chi connectivity index (χ0v) is 6.23. The number of halogens is 1. The Labute approximate surface area is 60.0 Å². The van der Waals surface area contributed by atoms with Crippen LogP contribution >= 0.6 is 24.2 Å². The first-order valence-corrected chi connectivity index (χ1v) is 3.75. The van der Waals surface area contributed by atoms with Crippen molar-refractivity contribution in [3.63, 3.8) is 0 Å². The number of thioether (sulfide) groups is 1. The van der Waals surface area contributed by atoms with E-state index < -0.39 is 0 Å². The molecule has 2 bridgehead atoms. The van der Waals surface area contributed by atoms with Crippen LogP contribution in [-0.2, 0) is 0 Å². The summed E-state index contributed by atoms with van der Waals surface area (Å²) in [5.41, 5.74) is 0. The summed E-state index contributed by atoms with van der Waals surface area (Å²) in [6.45, 7) is 2.53. The maximum Gasteiger partial charge on any atom is 0.0186 e. The van der Waals surface area contributed by atoms with E-state index in [1.807, 2.05) is 0 Å². The molecule has 3 aliphatic heterocycles. The average Bonchev–Trinajstić information content (AvgIpc) is 1.67. The fraction of sp³-hybridized carbons (Fsp3) is 1.00. The second-order valence-electron chi connectivity index (χ2n) is 2.27. The van der Waals surface area contributed by atoms with E-state index in [9.17, 15) is 0 Å². The number of hydrogen-bond acceptors (Lipinski definition) is 2. The standard InChI is InChI=1S/C5H9NS.ClH/c1-4-2-6-3-5(1)7-4;/h4-6H,1-3H2;1H. The fourth-order valence-electron chi connectivity index (χ4n) is 1.22. The quantitative estimate of drug-likeness (QED) is 0.552. The van der Waals surface area contributed by atoms with E-state index >= 15 is 0 Å². The van der Waals surface area contributed by atoms with E-state index in [2.05, 4.69) is 17.1 Å². The second kappa shape index (κ2) is 2.46. The monoisotopic (exact) mass is 151 g/mol. The summed E-state index contributed by atoms with van der Waals surface area (Å²) in [7, 11) is 0. The molecule has 3 heteroatoms. The molecule has 2 unspecified atom stereocenters. The zero-order valence-electron chi connectivity index (χ0n) is 4.59. The summed E-state index contributed by atoms with van der Waals surface area (Å²) < 4.78 is 0. The molecule has 1 nitrogen and oxygen atoms in total. The van der Waals surface area contributed by atoms with Gasteiger partial charge in [0.05, 0.1) is 0 Å². The molecule has 3 rings (SSSR count). The molecule has 0 spiro atoms. The second-order valence-corrected chi connectivity index (χ2v) is 3.88. The highest BCUT2D eigenvalue weighted by molar-refractivity contribution is 8.02. The van der Waals surface area contributed by atoms with Crippen molar-refractivity contribution >= 4 is 24.2 Å². The van der Waals surface area contributed by atoms with Gasteiger partial charge in [0.15, 0.2) is 0 Å². The van der Waals surface area contributed by atoms with Crippen LogP contribution in [0.1, 0.15) is 6.42 Å². The minimum atomic E-state index is 0. The van der Waals surface area contributed by atoms with Crippen LogP contribution in [0.15, 0.2) is 0 Å². The number of fused-ring (bicyclic) bond motifs is 2. The molecule has 0 aromatic heterocycles. The number of piperidine rings is 1. The summed E-state index contributed by atoms with van der Waals surface area (Å²) in [5.74, 6) is 0. The van der Waals surface area contributed by atoms with Crippen LogP contribution in [0.25, 0.3) is 0 Å². The first kappa shape index (κ1) is 6.72. The van der Waals surface area contributed by atoms with E-state index in [4.69, 9.17) is 0 Å². The Bertz CT molecular complexity index is 69.0. The summed E-state index contributed by atoms with van der Waals surface area (Å²) in [5, 5.41) is 5.33. The molecule has 3 aliphatic rings. The highest BCUT2D eigenvalue weighted by Gasteiger charge is 2.32. The van der Waals surface area contributed by atoms with Crippen LogP contribution in [-0.4, -0.2) is 23.6 Å². The maximum atomic E-state index is 3.36. The van der Waals surface area contributed by atoms with Crippen molar-refractivity contribution in [3.05, 3.63) is 0 Å². The van der Waals surface area contributed by atoms with E-state index in [1.54, 1.807) is 0 Å². The van der Waals surface area contributed by atoms with Crippen molar-refractivity contribution in [1.29, 1.82) is 0 Å². The van der Waals surface area contributed by atoms with Crippen molar-refractivity contribution < 1.29 is 0 Å². The largest absolute Gasteiger partial charge is 0.315 e. The molecule has 0 radical (unpaired) electrons. The number of hydrogen-bond donors (Lipinski definition) is 1. The Morgan fingerprint density at radius 2 is 1.75 bits per heavy atom. The zero-order chi connectivity index (χ0) is 4.69. The third kappa shape index (κ3) is 0.971. The minimum absolute atomic E-state index is 0. The van der Waals surface area contributed by atoms with Gasteiger partial charge in [0, 0.05) is 23.6 Å². The van der Waals surface area contributed by atoms with Gasteiger partial charge >= 0.3 is 0 Å². The molecule has 0 aliphatic carbocycles. The molecule has 8 heavy (non-hydrogen) atoms. The van der Waals surface area contributed by atoms with Gasteiger partial charge < -0.3 is 5.32 Å². The lowest BCUT2D eigenvalue weighted by Gasteiger charge is -2.40. The predicted molar refractivity (Wildman–Crippen MR) is 39.9 cm³/mol. The van der Waals surface area contributed by atoms with E-state index in [0.29, 0.717) is 0 Å². The van der Waals surface area contributed by atoms with Crippen LogP contribution in [0, 0.1) is 0 Å². The lowest BCUT2D eigenvalue weighted by molar-refractivity contribution is 0.503. The van der Waals surface area contributed by atoms with Crippen molar-refractivity contribution in [3.8, 4) is 0 Å². The molecule has 3 saturated heterocycles. The summed E-state index contributed by atoms with van der Waals surface area (Å²) in [4.78, 5) is 0. The summed E-state index contributed by atoms with van der Waals surface area (Å²) in [6.07, 6.45) is 1.48. The van der Waals surface area contributed by atoms with Gasteiger partial charge in [0.1, 0.15) is 0 Å². The highest BCUT2D eigenvalue weighted by Crippen LogP contribution is 2.37. The smallest absolute Gasteiger partial charge is 0.0186 e. The molecule has 2 atom stereocenters. The number of nitrogens with one attached hydrogen (secondary N) is 1. The highest BCUT2D eigenvalue weighted by atomic mass is 35.5. The fourth-order valence-corrected chi connectivity index (χ4v) is 2.52. The third-order valence-corrected chi connectivity index (χ3v) is 3.14. The SMILES string of the molecule is C1NCC2CC1S2.Cl. The first-order valence-electron chi connectivity index (χ1n) is 2.81. The first-order chi connectivity index (χ1) is 3.45. The topological polar surface area (TPSA) is 12.0 Å². The summed E-state index contributed by atoms with van der Waals surface area (Å²) >= 11 is 2.15. The molecule has 0 aromatic carbocycles. The van der Waals surface area contributed by atoms with Crippen LogP contribution < -0.4 is 5.32 Å². The molecule has 0 saturated carbocycles. The van der Waals surface area contributed by atoms with Crippen LogP contribution in [0.5, 0.6) is 0 Å². The van der Waals surface area contributed by atoms with Crippen molar-refractivity contribution in [1.82, 2.24) is 5.32 Å². The van der Waals surface area contributed by atoms with Gasteiger partial charge in [-0.25, -0.2) is 0 Å². The van der Waals surface area contributed by atoms with E-state index in [0.717, 1.165) is 10.5 Å². The Balaban J connectivity index is 0.000000320. The Kier molecular flexibility index (Phi) is 2.07. The van der Waals surface area contributed by atoms with Gasteiger partial charge in [-0.05, 0) is 6.42 Å². The van der Waals surface area contributed by atoms with Crippen molar-refractivity contribution in [2.75, 3.05) is 13.1 Å². The molecular formula is C5H10ClNS.